The minimum Gasteiger partial charge on any atom is -0.115 e. The number of benzene rings is 11. The summed E-state index contributed by atoms with van der Waals surface area (Å²) in [5, 5.41) is 7.66. The van der Waals surface area contributed by atoms with Gasteiger partial charge in [0.2, 0.25) is 6.71 Å². The number of hydrogen-bond acceptors (Lipinski definition) is 0. The number of hydrogen-bond donors (Lipinski definition) is 0. The van der Waals surface area contributed by atoms with Gasteiger partial charge in [-0.3, -0.25) is 0 Å². The van der Waals surface area contributed by atoms with Crippen LogP contribution in [0.2, 0.25) is 6.32 Å². The fourth-order valence-electron chi connectivity index (χ4n) is 11.5. The van der Waals surface area contributed by atoms with E-state index in [1.807, 2.05) is 6.08 Å². The zero-order chi connectivity index (χ0) is 48.6. The average Bonchev–Trinajstić information content (AvgIpc) is 3.40. The first-order chi connectivity index (χ1) is 34.7. The van der Waals surface area contributed by atoms with E-state index >= 15 is 0 Å². The van der Waals surface area contributed by atoms with Crippen molar-refractivity contribution in [1.82, 2.24) is 0 Å². The molecule has 0 atom stereocenters. The van der Waals surface area contributed by atoms with Gasteiger partial charge in [0.1, 0.15) is 0 Å². The molecule has 0 aliphatic rings. The Balaban J connectivity index is 1.22. The van der Waals surface area contributed by atoms with Crippen molar-refractivity contribution in [3.05, 3.63) is 252 Å². The molecule has 0 aliphatic carbocycles. The largest absolute Gasteiger partial charge is 0.214 e. The Bertz CT molecular complexity index is 3710. The highest BCUT2D eigenvalue weighted by Crippen LogP contribution is 2.46. The van der Waals surface area contributed by atoms with Crippen LogP contribution >= 0.6 is 0 Å². The summed E-state index contributed by atoms with van der Waals surface area (Å²) in [6.45, 7) is 11.2. The van der Waals surface area contributed by atoms with Gasteiger partial charge in [-0.15, -0.1) is 6.42 Å². The van der Waals surface area contributed by atoms with Crippen LogP contribution in [0.1, 0.15) is 30.5 Å². The Morgan fingerprint density at radius 1 is 0.423 bits per heavy atom. The van der Waals surface area contributed by atoms with Crippen LogP contribution in [0, 0.1) is 33.1 Å². The summed E-state index contributed by atoms with van der Waals surface area (Å²) in [5.74, 6) is 2.75. The molecule has 0 aromatic heterocycles. The van der Waals surface area contributed by atoms with E-state index in [1.54, 1.807) is 0 Å². The van der Waals surface area contributed by atoms with Crippen LogP contribution in [0.15, 0.2) is 236 Å². The van der Waals surface area contributed by atoms with E-state index in [4.69, 9.17) is 6.42 Å². The molecule has 0 saturated carbocycles. The van der Waals surface area contributed by atoms with Crippen molar-refractivity contribution >= 4 is 50.0 Å². The van der Waals surface area contributed by atoms with Gasteiger partial charge in [-0.2, -0.15) is 0 Å². The van der Waals surface area contributed by atoms with E-state index in [0.29, 0.717) is 0 Å². The molecule has 11 aromatic rings. The zero-order valence-corrected chi connectivity index (χ0v) is 41.2. The van der Waals surface area contributed by atoms with Gasteiger partial charge in [-0.1, -0.05) is 251 Å². The number of terminal acetylenes is 1. The number of aryl methyl sites for hydroxylation is 3. The lowest BCUT2D eigenvalue weighted by molar-refractivity contribution is 1.31. The molecule has 0 spiro atoms. The highest BCUT2D eigenvalue weighted by atomic mass is 14.2. The molecule has 71 heavy (non-hydrogen) atoms. The predicted octanol–water partition coefficient (Wildman–Crippen LogP) is 17.6. The van der Waals surface area contributed by atoms with Crippen molar-refractivity contribution in [3.8, 4) is 79.1 Å². The smallest absolute Gasteiger partial charge is 0.115 e. The van der Waals surface area contributed by atoms with E-state index in [9.17, 15) is 0 Å². The Labute approximate surface area is 420 Å². The lowest BCUT2D eigenvalue weighted by Crippen LogP contribution is -2.45. The standard InChI is InChI=1S/C70H55B/c1-7-17-46(2)40-48(4)45-71(70-49(5)41-47(3)42-50(70)6)67-44-66(59-34-28-56(29-35-59)53-22-15-10-16-23-53)62-37-36-60-64(57-30-24-54(25-31-57)51-18-11-8-12-19-51)43-65(61-38-39-63(67)69(62)68(60)61)58-32-26-55(27-33-58)52-20-13-9-14-21-52/h1,8-44H,45H2,2-6H3/b46-17-,48-40-. The number of allylic oxidation sites excluding steroid dienone is 4. The average molecular weight is 907 g/mol. The second kappa shape index (κ2) is 19.2. The molecule has 0 nitrogen and oxygen atoms in total. The molecule has 0 radical (unpaired) electrons. The highest BCUT2D eigenvalue weighted by molar-refractivity contribution is 6.88. The maximum atomic E-state index is 5.79. The van der Waals surface area contributed by atoms with E-state index in [1.165, 1.54) is 132 Å². The molecular formula is C70H55B. The fraction of sp³-hybridized carbons (Fsp3) is 0.0857. The molecule has 0 heterocycles. The maximum Gasteiger partial charge on any atom is 0.214 e. The zero-order valence-electron chi connectivity index (χ0n) is 41.2. The Hall–Kier alpha value is -8.44. The Morgan fingerprint density at radius 2 is 0.775 bits per heavy atom. The van der Waals surface area contributed by atoms with Gasteiger partial charge in [0.05, 0.1) is 0 Å². The van der Waals surface area contributed by atoms with E-state index in [-0.39, 0.29) is 6.71 Å². The van der Waals surface area contributed by atoms with Crippen LogP contribution in [-0.4, -0.2) is 6.71 Å². The van der Waals surface area contributed by atoms with Crippen molar-refractivity contribution in [2.75, 3.05) is 0 Å². The minimum absolute atomic E-state index is 0.0624. The van der Waals surface area contributed by atoms with Crippen LogP contribution in [0.3, 0.4) is 0 Å². The van der Waals surface area contributed by atoms with Gasteiger partial charge in [-0.25, -0.2) is 0 Å². The van der Waals surface area contributed by atoms with Crippen LogP contribution in [-0.2, 0) is 0 Å². The molecule has 0 fully saturated rings. The van der Waals surface area contributed by atoms with Gasteiger partial charge in [0.25, 0.3) is 0 Å². The first kappa shape index (κ1) is 45.0. The second-order valence-electron chi connectivity index (χ2n) is 19.5. The van der Waals surface area contributed by atoms with Crippen molar-refractivity contribution < 1.29 is 0 Å². The molecule has 0 bridgehead atoms. The third-order valence-corrected chi connectivity index (χ3v) is 14.6. The van der Waals surface area contributed by atoms with Crippen molar-refractivity contribution in [2.24, 2.45) is 0 Å². The molecular weight excluding hydrogens is 852 g/mol. The first-order valence-corrected chi connectivity index (χ1v) is 24.9. The molecule has 0 N–H and O–H groups in total. The molecule has 0 amide bonds. The third-order valence-electron chi connectivity index (χ3n) is 14.6. The quantitative estimate of drug-likeness (QED) is 0.0525. The monoisotopic (exact) mass is 906 g/mol. The molecule has 1 heteroatoms. The van der Waals surface area contributed by atoms with Crippen LogP contribution in [0.25, 0.3) is 99.1 Å². The van der Waals surface area contributed by atoms with Crippen molar-refractivity contribution in [3.63, 3.8) is 0 Å². The molecule has 11 rings (SSSR count). The summed E-state index contributed by atoms with van der Waals surface area (Å²) in [7, 11) is 0. The highest BCUT2D eigenvalue weighted by Gasteiger charge is 2.29. The summed E-state index contributed by atoms with van der Waals surface area (Å²) < 4.78 is 0. The summed E-state index contributed by atoms with van der Waals surface area (Å²) in [6.07, 6.45) is 10.8. The van der Waals surface area contributed by atoms with Gasteiger partial charge in [0, 0.05) is 0 Å². The summed E-state index contributed by atoms with van der Waals surface area (Å²) >= 11 is 0. The van der Waals surface area contributed by atoms with Gasteiger partial charge < -0.3 is 0 Å². The van der Waals surface area contributed by atoms with Crippen molar-refractivity contribution in [1.29, 1.82) is 0 Å². The molecule has 338 valence electrons. The molecule has 0 unspecified atom stereocenters. The molecule has 0 aliphatic heterocycles. The SMILES string of the molecule is C#C/C=C(C)\C=C(\C)CB(c1c(C)cc(C)cc1C)c1cc(-c2ccc(-c3ccccc3)cc2)c2ccc3c(-c4ccc(-c5ccccc5)cc4)cc(-c4ccc(-c5ccccc5)cc4)c4ccc1c2c43. The topological polar surface area (TPSA) is 0 Å². The number of rotatable bonds is 11. The predicted molar refractivity (Wildman–Crippen MR) is 310 cm³/mol. The van der Waals surface area contributed by atoms with Crippen LogP contribution in [0.5, 0.6) is 0 Å². The maximum absolute atomic E-state index is 5.79. The van der Waals surface area contributed by atoms with E-state index in [2.05, 4.69) is 259 Å². The van der Waals surface area contributed by atoms with Gasteiger partial charge >= 0.3 is 0 Å². The normalized spacial score (nSPS) is 11.9. The lowest BCUT2D eigenvalue weighted by Gasteiger charge is -2.26. The van der Waals surface area contributed by atoms with Gasteiger partial charge in [0.15, 0.2) is 0 Å². The second-order valence-corrected chi connectivity index (χ2v) is 19.5. The first-order valence-electron chi connectivity index (χ1n) is 24.9. The van der Waals surface area contributed by atoms with E-state index < -0.39 is 0 Å². The van der Waals surface area contributed by atoms with Crippen LogP contribution < -0.4 is 10.9 Å². The molecule has 0 saturated heterocycles. The van der Waals surface area contributed by atoms with E-state index in [0.717, 1.165) is 11.9 Å². The Kier molecular flexibility index (Phi) is 12.2. The summed E-state index contributed by atoms with van der Waals surface area (Å²) in [4.78, 5) is 0. The summed E-state index contributed by atoms with van der Waals surface area (Å²) in [6, 6.07) is 79.0. The Morgan fingerprint density at radius 3 is 1.18 bits per heavy atom. The third kappa shape index (κ3) is 8.69. The fourth-order valence-corrected chi connectivity index (χ4v) is 11.5. The van der Waals surface area contributed by atoms with Crippen LogP contribution in [0.4, 0.5) is 0 Å². The van der Waals surface area contributed by atoms with Gasteiger partial charge in [-0.05, 0) is 158 Å². The lowest BCUT2D eigenvalue weighted by atomic mass is 9.35. The summed E-state index contributed by atoms with van der Waals surface area (Å²) in [5.41, 5.74) is 23.6. The molecule has 11 aromatic carbocycles. The minimum atomic E-state index is 0.0624. The van der Waals surface area contributed by atoms with Crippen molar-refractivity contribution in [2.45, 2.75) is 40.9 Å².